The summed E-state index contributed by atoms with van der Waals surface area (Å²) >= 11 is 0. The Kier molecular flexibility index (Phi) is 2.57. The maximum absolute atomic E-state index is 11.8. The number of nitrogens with one attached hydrogen (secondary N) is 3. The number of nitrogens with zero attached hydrogens (tertiary/aromatic N) is 2. The van der Waals surface area contributed by atoms with E-state index in [1.807, 2.05) is 24.3 Å². The number of imidazole rings is 1. The second-order valence-corrected chi connectivity index (χ2v) is 3.86. The molecule has 1 aromatic carbocycles. The number of fused-ring (bicyclic) bond motifs is 1. The molecule has 7 nitrogen and oxygen atoms in total. The van der Waals surface area contributed by atoms with Crippen LogP contribution in [0.4, 0.5) is 5.95 Å². The van der Waals surface area contributed by atoms with Crippen LogP contribution in [-0.4, -0.2) is 26.1 Å². The van der Waals surface area contributed by atoms with Gasteiger partial charge in [0.25, 0.3) is 11.5 Å². The first-order valence-corrected chi connectivity index (χ1v) is 5.54. The van der Waals surface area contributed by atoms with E-state index in [4.69, 9.17) is 0 Å². The Morgan fingerprint density at radius 1 is 1.16 bits per heavy atom. The summed E-state index contributed by atoms with van der Waals surface area (Å²) in [5.41, 5.74) is 1.33. The SMILES string of the molecule is O=C(Nc1nc2ccccc2[nH]1)c1ccc(=O)[nH]n1. The lowest BCUT2D eigenvalue weighted by molar-refractivity contribution is 0.102. The maximum atomic E-state index is 11.8. The summed E-state index contributed by atoms with van der Waals surface area (Å²) in [4.78, 5) is 29.9. The third kappa shape index (κ3) is 2.21. The fourth-order valence-corrected chi connectivity index (χ4v) is 1.65. The first kappa shape index (κ1) is 11.1. The van der Waals surface area contributed by atoms with Gasteiger partial charge in [0, 0.05) is 6.07 Å². The van der Waals surface area contributed by atoms with Crippen LogP contribution in [0, 0.1) is 0 Å². The molecular weight excluding hydrogens is 246 g/mol. The number of carbonyl (C=O) groups is 1. The van der Waals surface area contributed by atoms with Gasteiger partial charge in [0.05, 0.1) is 11.0 Å². The molecule has 3 aromatic rings. The second-order valence-electron chi connectivity index (χ2n) is 3.86. The molecule has 0 saturated heterocycles. The molecule has 94 valence electrons. The fourth-order valence-electron chi connectivity index (χ4n) is 1.65. The summed E-state index contributed by atoms with van der Waals surface area (Å²) in [7, 11) is 0. The van der Waals surface area contributed by atoms with Crippen molar-refractivity contribution in [3.8, 4) is 0 Å². The molecule has 0 bridgehead atoms. The van der Waals surface area contributed by atoms with Crippen molar-refractivity contribution in [1.82, 2.24) is 20.2 Å². The molecule has 2 heterocycles. The van der Waals surface area contributed by atoms with Crippen LogP contribution in [0.3, 0.4) is 0 Å². The van der Waals surface area contributed by atoms with Crippen LogP contribution in [0.2, 0.25) is 0 Å². The minimum Gasteiger partial charge on any atom is -0.324 e. The molecule has 0 atom stereocenters. The highest BCUT2D eigenvalue weighted by Gasteiger charge is 2.10. The lowest BCUT2D eigenvalue weighted by Crippen LogP contribution is -2.18. The molecule has 0 aliphatic rings. The number of H-pyrrole nitrogens is 2. The van der Waals surface area contributed by atoms with Gasteiger partial charge in [-0.1, -0.05) is 12.1 Å². The number of amides is 1. The number of carbonyl (C=O) groups excluding carboxylic acids is 1. The van der Waals surface area contributed by atoms with E-state index in [1.54, 1.807) is 0 Å². The van der Waals surface area contributed by atoms with Gasteiger partial charge in [-0.3, -0.25) is 14.9 Å². The number of anilines is 1. The molecule has 2 aromatic heterocycles. The second kappa shape index (κ2) is 4.37. The van der Waals surface area contributed by atoms with Crippen molar-refractivity contribution in [2.75, 3.05) is 5.32 Å². The van der Waals surface area contributed by atoms with Crippen molar-refractivity contribution < 1.29 is 4.79 Å². The minimum atomic E-state index is -0.449. The Morgan fingerprint density at radius 2 is 2.00 bits per heavy atom. The summed E-state index contributed by atoms with van der Waals surface area (Å²) in [6.45, 7) is 0. The monoisotopic (exact) mass is 255 g/mol. The van der Waals surface area contributed by atoms with Crippen molar-refractivity contribution in [3.05, 3.63) is 52.4 Å². The van der Waals surface area contributed by atoms with Crippen molar-refractivity contribution in [1.29, 1.82) is 0 Å². The highest BCUT2D eigenvalue weighted by molar-refractivity contribution is 6.02. The van der Waals surface area contributed by atoms with E-state index in [-0.39, 0.29) is 11.3 Å². The molecule has 0 unspecified atom stereocenters. The number of hydrogen-bond donors (Lipinski definition) is 3. The molecule has 0 aliphatic carbocycles. The maximum Gasteiger partial charge on any atom is 0.278 e. The van der Waals surface area contributed by atoms with Crippen molar-refractivity contribution >= 4 is 22.9 Å². The minimum absolute atomic E-state index is 0.111. The van der Waals surface area contributed by atoms with Crippen molar-refractivity contribution in [2.45, 2.75) is 0 Å². The quantitative estimate of drug-likeness (QED) is 0.632. The lowest BCUT2D eigenvalue weighted by Gasteiger charge is -1.99. The Bertz CT molecular complexity index is 751. The van der Waals surface area contributed by atoms with E-state index in [2.05, 4.69) is 25.5 Å². The highest BCUT2D eigenvalue weighted by atomic mass is 16.2. The lowest BCUT2D eigenvalue weighted by atomic mass is 10.3. The topological polar surface area (TPSA) is 104 Å². The molecule has 19 heavy (non-hydrogen) atoms. The molecule has 7 heteroatoms. The van der Waals surface area contributed by atoms with Crippen LogP contribution in [0.1, 0.15) is 10.5 Å². The smallest absolute Gasteiger partial charge is 0.278 e. The normalized spacial score (nSPS) is 10.5. The zero-order valence-corrected chi connectivity index (χ0v) is 9.68. The van der Waals surface area contributed by atoms with Crippen LogP contribution >= 0.6 is 0 Å². The Labute approximate surface area is 106 Å². The molecule has 0 saturated carbocycles. The van der Waals surface area contributed by atoms with Gasteiger partial charge in [-0.25, -0.2) is 10.1 Å². The Hall–Kier alpha value is -2.96. The number of rotatable bonds is 2. The molecule has 0 spiro atoms. The zero-order chi connectivity index (χ0) is 13.2. The molecule has 0 fully saturated rings. The van der Waals surface area contributed by atoms with E-state index < -0.39 is 5.91 Å². The van der Waals surface area contributed by atoms with Crippen LogP contribution in [-0.2, 0) is 0 Å². The molecule has 3 N–H and O–H groups in total. The average molecular weight is 255 g/mol. The van der Waals surface area contributed by atoms with Gasteiger partial charge in [0.2, 0.25) is 5.95 Å². The summed E-state index contributed by atoms with van der Waals surface area (Å²) in [6.07, 6.45) is 0. The summed E-state index contributed by atoms with van der Waals surface area (Å²) < 4.78 is 0. The van der Waals surface area contributed by atoms with Gasteiger partial charge >= 0.3 is 0 Å². The van der Waals surface area contributed by atoms with E-state index in [9.17, 15) is 9.59 Å². The van der Waals surface area contributed by atoms with Gasteiger partial charge < -0.3 is 4.98 Å². The number of aromatic amines is 2. The van der Waals surface area contributed by atoms with E-state index >= 15 is 0 Å². The highest BCUT2D eigenvalue weighted by Crippen LogP contribution is 2.13. The van der Waals surface area contributed by atoms with Crippen molar-refractivity contribution in [2.24, 2.45) is 0 Å². The Balaban J connectivity index is 1.86. The van der Waals surface area contributed by atoms with Gasteiger partial charge in [-0.2, -0.15) is 5.10 Å². The molecule has 3 rings (SSSR count). The van der Waals surface area contributed by atoms with Crippen molar-refractivity contribution in [3.63, 3.8) is 0 Å². The number of hydrogen-bond acceptors (Lipinski definition) is 4. The average Bonchev–Trinajstić information content (AvgIpc) is 2.81. The number of para-hydroxylation sites is 2. The van der Waals surface area contributed by atoms with E-state index in [1.165, 1.54) is 12.1 Å². The van der Waals surface area contributed by atoms with Gasteiger partial charge in [0.1, 0.15) is 5.69 Å². The molecule has 0 radical (unpaired) electrons. The van der Waals surface area contributed by atoms with Crippen LogP contribution in [0.5, 0.6) is 0 Å². The third-order valence-electron chi connectivity index (χ3n) is 2.53. The predicted molar refractivity (Wildman–Crippen MR) is 68.9 cm³/mol. The predicted octanol–water partition coefficient (Wildman–Crippen LogP) is 0.898. The third-order valence-corrected chi connectivity index (χ3v) is 2.53. The largest absolute Gasteiger partial charge is 0.324 e. The van der Waals surface area contributed by atoms with Gasteiger partial charge in [0.15, 0.2) is 0 Å². The molecular formula is C12H9N5O2. The van der Waals surface area contributed by atoms with Crippen LogP contribution < -0.4 is 10.9 Å². The van der Waals surface area contributed by atoms with Crippen LogP contribution in [0.15, 0.2) is 41.2 Å². The molecule has 1 amide bonds. The zero-order valence-electron chi connectivity index (χ0n) is 9.68. The Morgan fingerprint density at radius 3 is 2.74 bits per heavy atom. The number of aromatic nitrogens is 4. The van der Waals surface area contributed by atoms with E-state index in [0.29, 0.717) is 5.95 Å². The molecule has 0 aliphatic heterocycles. The number of benzene rings is 1. The first-order valence-electron chi connectivity index (χ1n) is 5.54. The van der Waals surface area contributed by atoms with Crippen LogP contribution in [0.25, 0.3) is 11.0 Å². The van der Waals surface area contributed by atoms with E-state index in [0.717, 1.165) is 11.0 Å². The van der Waals surface area contributed by atoms with Gasteiger partial charge in [-0.15, -0.1) is 0 Å². The summed E-state index contributed by atoms with van der Waals surface area (Å²) in [5.74, 6) is -0.116. The summed E-state index contributed by atoms with van der Waals surface area (Å²) in [6, 6.07) is 10.0. The summed E-state index contributed by atoms with van der Waals surface area (Å²) in [5, 5.41) is 8.41. The standard InChI is InChI=1S/C12H9N5O2/c18-10-6-5-9(16-17-10)11(19)15-12-13-7-3-1-2-4-8(7)14-12/h1-6H,(H,17,18)(H2,13,14,15,19). The fraction of sp³-hybridized carbons (Fsp3) is 0. The van der Waals surface area contributed by atoms with Gasteiger partial charge in [-0.05, 0) is 18.2 Å². The first-order chi connectivity index (χ1) is 9.22.